The van der Waals surface area contributed by atoms with Crippen LogP contribution in [0.3, 0.4) is 0 Å². The van der Waals surface area contributed by atoms with Crippen molar-refractivity contribution in [3.63, 3.8) is 0 Å². The molecule has 1 N–H and O–H groups in total. The number of rotatable bonds is 3. The van der Waals surface area contributed by atoms with E-state index in [1.165, 1.54) is 23.7 Å². The SMILES string of the molecule is CC1C(=O)N(C)C(=O)C1SCCO. The maximum Gasteiger partial charge on any atom is 0.242 e. The van der Waals surface area contributed by atoms with Crippen molar-refractivity contribution >= 4 is 23.6 Å². The normalized spacial score (nSPS) is 28.7. The van der Waals surface area contributed by atoms with Crippen LogP contribution in [0.5, 0.6) is 0 Å². The van der Waals surface area contributed by atoms with Gasteiger partial charge in [0.1, 0.15) is 0 Å². The Hall–Kier alpha value is -0.550. The molecule has 1 heterocycles. The van der Waals surface area contributed by atoms with Crippen molar-refractivity contribution in [3.8, 4) is 0 Å². The van der Waals surface area contributed by atoms with E-state index >= 15 is 0 Å². The number of hydrogen-bond donors (Lipinski definition) is 1. The van der Waals surface area contributed by atoms with E-state index in [9.17, 15) is 9.59 Å². The number of nitrogens with zero attached hydrogens (tertiary/aromatic N) is 1. The van der Waals surface area contributed by atoms with Crippen LogP contribution in [0.4, 0.5) is 0 Å². The highest BCUT2D eigenvalue weighted by molar-refractivity contribution is 8.00. The molecule has 74 valence electrons. The summed E-state index contributed by atoms with van der Waals surface area (Å²) in [5.74, 6) is -0.0209. The van der Waals surface area contributed by atoms with Crippen LogP contribution in [0.1, 0.15) is 6.92 Å². The summed E-state index contributed by atoms with van der Waals surface area (Å²) in [7, 11) is 1.50. The van der Waals surface area contributed by atoms with Crippen molar-refractivity contribution in [2.75, 3.05) is 19.4 Å². The zero-order chi connectivity index (χ0) is 10.0. The molecular formula is C8H13NO3S. The topological polar surface area (TPSA) is 57.6 Å². The fraction of sp³-hybridized carbons (Fsp3) is 0.750. The van der Waals surface area contributed by atoms with Gasteiger partial charge < -0.3 is 5.11 Å². The summed E-state index contributed by atoms with van der Waals surface area (Å²) in [6.07, 6.45) is 0. The van der Waals surface area contributed by atoms with E-state index in [0.29, 0.717) is 5.75 Å². The average Bonchev–Trinajstić information content (AvgIpc) is 2.30. The first kappa shape index (κ1) is 10.5. The molecular weight excluding hydrogens is 190 g/mol. The van der Waals surface area contributed by atoms with Gasteiger partial charge in [0.05, 0.1) is 17.8 Å². The quantitative estimate of drug-likeness (QED) is 0.641. The molecule has 4 nitrogen and oxygen atoms in total. The summed E-state index contributed by atoms with van der Waals surface area (Å²) in [5, 5.41) is 8.30. The highest BCUT2D eigenvalue weighted by atomic mass is 32.2. The Balaban J connectivity index is 2.64. The maximum absolute atomic E-state index is 11.4. The Morgan fingerprint density at radius 2 is 2.08 bits per heavy atom. The van der Waals surface area contributed by atoms with E-state index in [4.69, 9.17) is 5.11 Å². The molecule has 1 rings (SSSR count). The molecule has 0 aromatic heterocycles. The van der Waals surface area contributed by atoms with Crippen molar-refractivity contribution < 1.29 is 14.7 Å². The second kappa shape index (κ2) is 4.11. The van der Waals surface area contributed by atoms with E-state index < -0.39 is 0 Å². The molecule has 0 aromatic carbocycles. The predicted molar refractivity (Wildman–Crippen MR) is 50.3 cm³/mol. The van der Waals surface area contributed by atoms with Crippen LogP contribution < -0.4 is 0 Å². The van der Waals surface area contributed by atoms with Gasteiger partial charge in [-0.05, 0) is 0 Å². The number of carbonyl (C=O) groups is 2. The molecule has 1 fully saturated rings. The number of carbonyl (C=O) groups excluding carboxylic acids is 2. The summed E-state index contributed by atoms with van der Waals surface area (Å²) in [6.45, 7) is 1.79. The second-order valence-corrected chi connectivity index (χ2v) is 4.29. The first-order valence-electron chi connectivity index (χ1n) is 4.13. The van der Waals surface area contributed by atoms with Crippen molar-refractivity contribution in [3.05, 3.63) is 0 Å². The van der Waals surface area contributed by atoms with Gasteiger partial charge in [0.15, 0.2) is 0 Å². The lowest BCUT2D eigenvalue weighted by atomic mass is 10.1. The third kappa shape index (κ3) is 1.86. The molecule has 0 aromatic rings. The molecule has 0 spiro atoms. The molecule has 1 aliphatic rings. The van der Waals surface area contributed by atoms with Gasteiger partial charge in [-0.15, -0.1) is 11.8 Å². The van der Waals surface area contributed by atoms with E-state index in [1.807, 2.05) is 0 Å². The molecule has 2 unspecified atom stereocenters. The van der Waals surface area contributed by atoms with Crippen LogP contribution in [-0.4, -0.2) is 46.5 Å². The zero-order valence-corrected chi connectivity index (χ0v) is 8.50. The molecule has 1 aliphatic heterocycles. The monoisotopic (exact) mass is 203 g/mol. The van der Waals surface area contributed by atoms with Gasteiger partial charge >= 0.3 is 0 Å². The lowest BCUT2D eigenvalue weighted by Gasteiger charge is -2.08. The van der Waals surface area contributed by atoms with Gasteiger partial charge in [-0.3, -0.25) is 14.5 Å². The number of aliphatic hydroxyl groups is 1. The number of imide groups is 1. The largest absolute Gasteiger partial charge is 0.396 e. The number of aliphatic hydroxyl groups excluding tert-OH is 1. The van der Waals surface area contributed by atoms with Crippen molar-refractivity contribution in [1.29, 1.82) is 0 Å². The lowest BCUT2D eigenvalue weighted by Crippen LogP contribution is -2.26. The molecule has 2 amide bonds. The van der Waals surface area contributed by atoms with E-state index in [0.717, 1.165) is 0 Å². The standard InChI is InChI=1S/C8H13NO3S/c1-5-6(13-4-3-10)8(12)9(2)7(5)11/h5-6,10H,3-4H2,1-2H3. The Kier molecular flexibility index (Phi) is 3.33. The van der Waals surface area contributed by atoms with Gasteiger partial charge in [0, 0.05) is 12.8 Å². The van der Waals surface area contributed by atoms with Crippen molar-refractivity contribution in [1.82, 2.24) is 4.90 Å². The predicted octanol–water partition coefficient (Wildman–Crippen LogP) is -0.285. The minimum Gasteiger partial charge on any atom is -0.396 e. The highest BCUT2D eigenvalue weighted by Crippen LogP contribution is 2.28. The molecule has 0 aliphatic carbocycles. The summed E-state index contributed by atoms with van der Waals surface area (Å²) in [6, 6.07) is 0. The van der Waals surface area contributed by atoms with E-state index in [2.05, 4.69) is 0 Å². The third-order valence-corrected chi connectivity index (χ3v) is 3.52. The molecule has 1 saturated heterocycles. The minimum absolute atomic E-state index is 0.0407. The van der Waals surface area contributed by atoms with Crippen LogP contribution in [0.15, 0.2) is 0 Å². The summed E-state index contributed by atoms with van der Waals surface area (Å²) < 4.78 is 0. The van der Waals surface area contributed by atoms with Crippen LogP contribution >= 0.6 is 11.8 Å². The molecule has 2 atom stereocenters. The van der Waals surface area contributed by atoms with E-state index in [-0.39, 0.29) is 29.6 Å². The summed E-state index contributed by atoms with van der Waals surface area (Å²) >= 11 is 1.35. The van der Waals surface area contributed by atoms with Crippen LogP contribution in [0, 0.1) is 5.92 Å². The van der Waals surface area contributed by atoms with Gasteiger partial charge in [0.25, 0.3) is 0 Å². The molecule has 0 radical (unpaired) electrons. The third-order valence-electron chi connectivity index (χ3n) is 2.14. The van der Waals surface area contributed by atoms with Gasteiger partial charge in [-0.25, -0.2) is 0 Å². The Morgan fingerprint density at radius 1 is 1.46 bits per heavy atom. The zero-order valence-electron chi connectivity index (χ0n) is 7.69. The fourth-order valence-electron chi connectivity index (χ4n) is 1.34. The van der Waals surface area contributed by atoms with Crippen LogP contribution in [0.25, 0.3) is 0 Å². The molecule has 5 heteroatoms. The van der Waals surface area contributed by atoms with Crippen molar-refractivity contribution in [2.24, 2.45) is 5.92 Å². The first-order chi connectivity index (χ1) is 6.09. The number of thioether (sulfide) groups is 1. The smallest absolute Gasteiger partial charge is 0.242 e. The van der Waals surface area contributed by atoms with E-state index in [1.54, 1.807) is 6.92 Å². The van der Waals surface area contributed by atoms with Crippen LogP contribution in [-0.2, 0) is 9.59 Å². The second-order valence-electron chi connectivity index (χ2n) is 3.04. The molecule has 0 saturated carbocycles. The Morgan fingerprint density at radius 3 is 2.46 bits per heavy atom. The molecule has 13 heavy (non-hydrogen) atoms. The molecule has 0 bridgehead atoms. The minimum atomic E-state index is -0.301. The number of hydrogen-bond acceptors (Lipinski definition) is 4. The highest BCUT2D eigenvalue weighted by Gasteiger charge is 2.42. The van der Waals surface area contributed by atoms with Crippen LogP contribution in [0.2, 0.25) is 0 Å². The summed E-state index contributed by atoms with van der Waals surface area (Å²) in [4.78, 5) is 23.9. The average molecular weight is 203 g/mol. The number of likely N-dealkylation sites (tertiary alicyclic amines) is 1. The number of amides is 2. The Labute approximate surface area is 81.3 Å². The van der Waals surface area contributed by atoms with Gasteiger partial charge in [0.2, 0.25) is 11.8 Å². The first-order valence-corrected chi connectivity index (χ1v) is 5.18. The maximum atomic E-state index is 11.4. The van der Waals surface area contributed by atoms with Gasteiger partial charge in [-0.1, -0.05) is 6.92 Å². The fourth-order valence-corrected chi connectivity index (χ4v) is 2.41. The summed E-state index contributed by atoms with van der Waals surface area (Å²) in [5.41, 5.74) is 0. The van der Waals surface area contributed by atoms with Crippen molar-refractivity contribution in [2.45, 2.75) is 12.2 Å². The Bertz CT molecular complexity index is 231. The van der Waals surface area contributed by atoms with Gasteiger partial charge in [-0.2, -0.15) is 0 Å². The lowest BCUT2D eigenvalue weighted by molar-refractivity contribution is -0.137.